The zero-order valence-corrected chi connectivity index (χ0v) is 19.1. The number of hydrogen-bond donors (Lipinski definition) is 1. The molecule has 0 saturated carbocycles. The molecule has 0 bridgehead atoms. The first-order valence-corrected chi connectivity index (χ1v) is 10.9. The van der Waals surface area contributed by atoms with E-state index in [4.69, 9.17) is 9.15 Å². The fourth-order valence-electron chi connectivity index (χ4n) is 3.29. The lowest BCUT2D eigenvalue weighted by Gasteiger charge is -2.09. The summed E-state index contributed by atoms with van der Waals surface area (Å²) in [5, 5.41) is 3.99. The molecule has 0 spiro atoms. The number of amides is 2. The normalized spacial score (nSPS) is 10.9. The number of nitrogens with one attached hydrogen (secondary N) is 1. The maximum atomic E-state index is 12.8. The molecule has 3 rings (SSSR count). The summed E-state index contributed by atoms with van der Waals surface area (Å²) in [6.07, 6.45) is 2.56. The van der Waals surface area contributed by atoms with Crippen LogP contribution in [-0.4, -0.2) is 43.4 Å². The molecular weight excluding hydrogens is 416 g/mol. The van der Waals surface area contributed by atoms with Gasteiger partial charge in [-0.2, -0.15) is 0 Å². The van der Waals surface area contributed by atoms with Gasteiger partial charge in [0.1, 0.15) is 10.6 Å². The van der Waals surface area contributed by atoms with Gasteiger partial charge in [0.25, 0.3) is 5.91 Å². The van der Waals surface area contributed by atoms with Crippen molar-refractivity contribution in [3.63, 3.8) is 0 Å². The summed E-state index contributed by atoms with van der Waals surface area (Å²) in [7, 11) is 3.27. The lowest BCUT2D eigenvalue weighted by molar-refractivity contribution is -0.115. The number of nitrogens with zero attached hydrogens (tertiary/aromatic N) is 1. The second-order valence-corrected chi connectivity index (χ2v) is 8.37. The van der Waals surface area contributed by atoms with Crippen LogP contribution in [0.15, 0.2) is 28.9 Å². The highest BCUT2D eigenvalue weighted by Gasteiger charge is 2.27. The van der Waals surface area contributed by atoms with Crippen LogP contribution in [0.2, 0.25) is 0 Å². The summed E-state index contributed by atoms with van der Waals surface area (Å²) >= 11 is 1.08. The van der Waals surface area contributed by atoms with Gasteiger partial charge in [0.05, 0.1) is 29.7 Å². The van der Waals surface area contributed by atoms with E-state index in [0.717, 1.165) is 39.9 Å². The van der Waals surface area contributed by atoms with Crippen molar-refractivity contribution in [2.24, 2.45) is 0 Å². The monoisotopic (exact) mass is 442 g/mol. The molecule has 7 nitrogen and oxygen atoms in total. The lowest BCUT2D eigenvalue weighted by Crippen LogP contribution is -2.21. The molecule has 1 N–H and O–H groups in total. The van der Waals surface area contributed by atoms with E-state index < -0.39 is 5.97 Å². The molecule has 0 saturated heterocycles. The summed E-state index contributed by atoms with van der Waals surface area (Å²) in [6, 6.07) is 5.94. The zero-order valence-electron chi connectivity index (χ0n) is 18.3. The first kappa shape index (κ1) is 22.6. The Kier molecular flexibility index (Phi) is 6.80. The highest BCUT2D eigenvalue weighted by molar-refractivity contribution is 7.18. The molecule has 0 atom stereocenters. The molecule has 31 heavy (non-hydrogen) atoms. The van der Waals surface area contributed by atoms with Crippen LogP contribution in [0.25, 0.3) is 11.0 Å². The average molecular weight is 443 g/mol. The van der Waals surface area contributed by atoms with E-state index in [2.05, 4.69) is 12.2 Å². The average Bonchev–Trinajstić information content (AvgIpc) is 3.27. The molecular formula is C23H26N2O5S. The van der Waals surface area contributed by atoms with Crippen molar-refractivity contribution in [2.75, 3.05) is 26.0 Å². The Morgan fingerprint density at radius 1 is 1.19 bits per heavy atom. The molecule has 3 aromatic rings. The molecule has 0 aliphatic rings. The van der Waals surface area contributed by atoms with E-state index in [1.54, 1.807) is 34.2 Å². The van der Waals surface area contributed by atoms with Gasteiger partial charge in [0.2, 0.25) is 5.91 Å². The van der Waals surface area contributed by atoms with Crippen molar-refractivity contribution < 1.29 is 23.5 Å². The predicted octanol–water partition coefficient (Wildman–Crippen LogP) is 4.42. The summed E-state index contributed by atoms with van der Waals surface area (Å²) in [4.78, 5) is 39.7. The number of carbonyl (C=O) groups excluding carboxylic acids is 3. The van der Waals surface area contributed by atoms with Crippen LogP contribution >= 0.6 is 11.3 Å². The minimum atomic E-state index is -0.565. The second-order valence-electron chi connectivity index (χ2n) is 7.35. The molecule has 0 aliphatic carbocycles. The van der Waals surface area contributed by atoms with Crippen molar-refractivity contribution in [2.45, 2.75) is 33.6 Å². The minimum absolute atomic E-state index is 0.0780. The Morgan fingerprint density at radius 2 is 1.94 bits per heavy atom. The number of hydrogen-bond acceptors (Lipinski definition) is 6. The molecule has 2 aromatic heterocycles. The summed E-state index contributed by atoms with van der Waals surface area (Å²) < 4.78 is 10.8. The number of esters is 1. The summed E-state index contributed by atoms with van der Waals surface area (Å²) in [5.74, 6) is -1.11. The van der Waals surface area contributed by atoms with Gasteiger partial charge in [0, 0.05) is 25.0 Å². The van der Waals surface area contributed by atoms with Crippen LogP contribution in [0.1, 0.15) is 50.6 Å². The highest BCUT2D eigenvalue weighted by atomic mass is 32.1. The quantitative estimate of drug-likeness (QED) is 0.547. The standard InChI is InChI=1S/C23H26N2O5S/c1-6-14-8-9-16-15(12-30-17(16)10-14)11-18(26)24-21-19(23(28)29-7-2)13(3)20(31-21)22(27)25(4)5/h8-10,12H,6-7,11H2,1-5H3,(H,24,26). The van der Waals surface area contributed by atoms with E-state index in [1.807, 2.05) is 18.2 Å². The lowest BCUT2D eigenvalue weighted by atomic mass is 10.1. The Bertz CT molecular complexity index is 1140. The Labute approximate surface area is 185 Å². The third-order valence-electron chi connectivity index (χ3n) is 4.96. The van der Waals surface area contributed by atoms with Crippen LogP contribution in [-0.2, 0) is 22.4 Å². The molecule has 0 fully saturated rings. The van der Waals surface area contributed by atoms with E-state index in [0.29, 0.717) is 15.4 Å². The minimum Gasteiger partial charge on any atom is -0.464 e. The topological polar surface area (TPSA) is 88.8 Å². The molecule has 1 aromatic carbocycles. The van der Waals surface area contributed by atoms with Crippen LogP contribution in [0.5, 0.6) is 0 Å². The number of rotatable bonds is 7. The van der Waals surface area contributed by atoms with E-state index in [9.17, 15) is 14.4 Å². The van der Waals surface area contributed by atoms with Gasteiger partial charge in [-0.15, -0.1) is 11.3 Å². The van der Waals surface area contributed by atoms with Crippen molar-refractivity contribution in [1.82, 2.24) is 4.90 Å². The number of aryl methyl sites for hydroxylation is 1. The van der Waals surface area contributed by atoms with Crippen molar-refractivity contribution in [3.8, 4) is 0 Å². The van der Waals surface area contributed by atoms with E-state index >= 15 is 0 Å². The van der Waals surface area contributed by atoms with E-state index in [-0.39, 0.29) is 30.4 Å². The number of fused-ring (bicyclic) bond motifs is 1. The molecule has 2 amide bonds. The molecule has 0 aliphatic heterocycles. The van der Waals surface area contributed by atoms with Gasteiger partial charge in [-0.25, -0.2) is 4.79 Å². The summed E-state index contributed by atoms with van der Waals surface area (Å²) in [6.45, 7) is 5.65. The third-order valence-corrected chi connectivity index (χ3v) is 6.15. The van der Waals surface area contributed by atoms with Gasteiger partial charge in [0.15, 0.2) is 0 Å². The van der Waals surface area contributed by atoms with Crippen LogP contribution < -0.4 is 5.32 Å². The Hall–Kier alpha value is -3.13. The Balaban J connectivity index is 1.89. The van der Waals surface area contributed by atoms with Crippen molar-refractivity contribution in [1.29, 1.82) is 0 Å². The van der Waals surface area contributed by atoms with Crippen molar-refractivity contribution in [3.05, 3.63) is 51.6 Å². The third kappa shape index (κ3) is 4.64. The molecule has 0 unspecified atom stereocenters. The van der Waals surface area contributed by atoms with Gasteiger partial charge in [-0.3, -0.25) is 9.59 Å². The fraction of sp³-hybridized carbons (Fsp3) is 0.348. The fourth-order valence-corrected chi connectivity index (χ4v) is 4.52. The van der Waals surface area contributed by atoms with Crippen molar-refractivity contribution >= 4 is 45.1 Å². The first-order valence-electron chi connectivity index (χ1n) is 10.1. The van der Waals surface area contributed by atoms with Gasteiger partial charge >= 0.3 is 5.97 Å². The largest absolute Gasteiger partial charge is 0.464 e. The number of thiophene rings is 1. The maximum Gasteiger partial charge on any atom is 0.341 e. The van der Waals surface area contributed by atoms with Crippen LogP contribution in [0.3, 0.4) is 0 Å². The number of anilines is 1. The first-order chi connectivity index (χ1) is 14.8. The van der Waals surface area contributed by atoms with Gasteiger partial charge in [-0.1, -0.05) is 19.1 Å². The number of furan rings is 1. The van der Waals surface area contributed by atoms with E-state index in [1.165, 1.54) is 4.90 Å². The number of carbonyl (C=O) groups is 3. The maximum absolute atomic E-state index is 12.8. The van der Waals surface area contributed by atoms with Gasteiger partial charge in [-0.05, 0) is 37.5 Å². The number of ether oxygens (including phenoxy) is 1. The molecule has 8 heteroatoms. The highest BCUT2D eigenvalue weighted by Crippen LogP contribution is 2.34. The molecule has 164 valence electrons. The molecule has 0 radical (unpaired) electrons. The van der Waals surface area contributed by atoms with Gasteiger partial charge < -0.3 is 19.4 Å². The smallest absolute Gasteiger partial charge is 0.341 e. The Morgan fingerprint density at radius 3 is 2.58 bits per heavy atom. The van der Waals surface area contributed by atoms with Crippen LogP contribution in [0.4, 0.5) is 5.00 Å². The molecule has 2 heterocycles. The second kappa shape index (κ2) is 9.34. The van der Waals surface area contributed by atoms with Crippen LogP contribution in [0, 0.1) is 6.92 Å². The SMILES string of the molecule is CCOC(=O)c1c(NC(=O)Cc2coc3cc(CC)ccc23)sc(C(=O)N(C)C)c1C. The predicted molar refractivity (Wildman–Crippen MR) is 121 cm³/mol. The number of benzene rings is 1. The zero-order chi connectivity index (χ0) is 22.7. The summed E-state index contributed by atoms with van der Waals surface area (Å²) in [5.41, 5.74) is 3.36.